The average molecular weight is 301 g/mol. The molecule has 0 bridgehead atoms. The van der Waals surface area contributed by atoms with E-state index in [0.717, 1.165) is 0 Å². The first-order chi connectivity index (χ1) is 9.08. The smallest absolute Gasteiger partial charge is 0.174 e. The van der Waals surface area contributed by atoms with Crippen LogP contribution in [0.15, 0.2) is 24.3 Å². The van der Waals surface area contributed by atoms with Crippen molar-refractivity contribution < 1.29 is 9.13 Å². The van der Waals surface area contributed by atoms with Crippen LogP contribution in [0.4, 0.5) is 10.2 Å². The van der Waals surface area contributed by atoms with Crippen LogP contribution in [0.5, 0.6) is 5.75 Å². The molecule has 1 aromatic carbocycles. The first-order valence-corrected chi connectivity index (χ1v) is 6.20. The second-order valence-electron chi connectivity index (χ2n) is 3.72. The number of hydrogen-bond acceptors (Lipinski definition) is 3. The molecule has 1 aromatic heterocycles. The Morgan fingerprint density at radius 3 is 2.63 bits per heavy atom. The number of halogens is 3. The van der Waals surface area contributed by atoms with Crippen LogP contribution in [0.2, 0.25) is 10.0 Å². The lowest BCUT2D eigenvalue weighted by molar-refractivity contribution is 0.387. The Balaban J connectivity index is 2.65. The Hall–Kier alpha value is -1.52. The number of nitrogens with zero attached hydrogens (tertiary/aromatic N) is 1. The summed E-state index contributed by atoms with van der Waals surface area (Å²) < 4.78 is 19.1. The quantitative estimate of drug-likeness (QED) is 0.920. The maximum atomic E-state index is 14.2. The molecule has 0 saturated carbocycles. The molecule has 1 N–H and O–H groups in total. The molecule has 0 atom stereocenters. The van der Waals surface area contributed by atoms with Gasteiger partial charge in [0.05, 0.1) is 22.8 Å². The maximum Gasteiger partial charge on any atom is 0.174 e. The molecule has 0 radical (unpaired) electrons. The van der Waals surface area contributed by atoms with Crippen LogP contribution >= 0.6 is 23.2 Å². The van der Waals surface area contributed by atoms with E-state index in [0.29, 0.717) is 16.5 Å². The molecule has 0 aliphatic carbocycles. The van der Waals surface area contributed by atoms with Crippen LogP contribution in [0.3, 0.4) is 0 Å². The van der Waals surface area contributed by atoms with Gasteiger partial charge in [0.1, 0.15) is 5.82 Å². The molecule has 0 saturated heterocycles. The fraction of sp³-hybridized carbons (Fsp3) is 0.154. The lowest BCUT2D eigenvalue weighted by Gasteiger charge is -2.11. The van der Waals surface area contributed by atoms with Crippen molar-refractivity contribution in [1.82, 2.24) is 4.98 Å². The van der Waals surface area contributed by atoms with E-state index in [4.69, 9.17) is 27.9 Å². The topological polar surface area (TPSA) is 34.2 Å². The third kappa shape index (κ3) is 2.60. The molecule has 2 rings (SSSR count). The first kappa shape index (κ1) is 13.9. The predicted molar refractivity (Wildman–Crippen MR) is 75.7 cm³/mol. The number of methoxy groups -OCH3 is 1. The van der Waals surface area contributed by atoms with Gasteiger partial charge in [0, 0.05) is 12.6 Å². The van der Waals surface area contributed by atoms with Gasteiger partial charge < -0.3 is 10.1 Å². The second-order valence-corrected chi connectivity index (χ2v) is 4.54. The third-order valence-electron chi connectivity index (χ3n) is 2.60. The number of ether oxygens (including phenoxy) is 1. The molecule has 6 heteroatoms. The van der Waals surface area contributed by atoms with E-state index in [-0.39, 0.29) is 16.3 Å². The minimum atomic E-state index is -0.510. The number of aromatic nitrogens is 1. The third-order valence-corrected chi connectivity index (χ3v) is 3.18. The van der Waals surface area contributed by atoms with Gasteiger partial charge in [-0.25, -0.2) is 9.37 Å². The van der Waals surface area contributed by atoms with Gasteiger partial charge >= 0.3 is 0 Å². The molecule has 2 aromatic rings. The Labute approximate surface area is 120 Å². The van der Waals surface area contributed by atoms with E-state index < -0.39 is 5.82 Å². The lowest BCUT2D eigenvalue weighted by Crippen LogP contribution is -1.98. The van der Waals surface area contributed by atoms with Crippen molar-refractivity contribution >= 4 is 29.0 Å². The highest BCUT2D eigenvalue weighted by Gasteiger charge is 2.16. The summed E-state index contributed by atoms with van der Waals surface area (Å²) in [6, 6.07) is 6.31. The van der Waals surface area contributed by atoms with E-state index in [9.17, 15) is 4.39 Å². The highest BCUT2D eigenvalue weighted by Crippen LogP contribution is 2.35. The molecular weight excluding hydrogens is 290 g/mol. The van der Waals surface area contributed by atoms with E-state index in [2.05, 4.69) is 10.3 Å². The summed E-state index contributed by atoms with van der Waals surface area (Å²) in [7, 11) is 3.08. The van der Waals surface area contributed by atoms with E-state index in [1.807, 2.05) is 0 Å². The van der Waals surface area contributed by atoms with Gasteiger partial charge in [-0.1, -0.05) is 29.3 Å². The van der Waals surface area contributed by atoms with Crippen LogP contribution in [0.25, 0.3) is 11.3 Å². The van der Waals surface area contributed by atoms with Gasteiger partial charge in [-0.2, -0.15) is 0 Å². The van der Waals surface area contributed by atoms with Crippen molar-refractivity contribution in [3.05, 3.63) is 40.1 Å². The van der Waals surface area contributed by atoms with E-state index in [1.54, 1.807) is 19.2 Å². The fourth-order valence-corrected chi connectivity index (χ4v) is 2.24. The zero-order chi connectivity index (χ0) is 14.0. The summed E-state index contributed by atoms with van der Waals surface area (Å²) in [5.74, 6) is 0.0587. The SMILES string of the molecule is CNc1nc(-c2cccc(OC)c2F)c(Cl)cc1Cl. The maximum absolute atomic E-state index is 14.2. The minimum Gasteiger partial charge on any atom is -0.494 e. The predicted octanol–water partition coefficient (Wildman–Crippen LogP) is 4.24. The highest BCUT2D eigenvalue weighted by atomic mass is 35.5. The highest BCUT2D eigenvalue weighted by molar-refractivity contribution is 6.37. The molecule has 0 spiro atoms. The van der Waals surface area contributed by atoms with E-state index in [1.165, 1.54) is 19.2 Å². The van der Waals surface area contributed by atoms with Gasteiger partial charge in [-0.3, -0.25) is 0 Å². The van der Waals surface area contributed by atoms with Crippen LogP contribution in [-0.2, 0) is 0 Å². The van der Waals surface area contributed by atoms with Gasteiger partial charge in [0.15, 0.2) is 11.6 Å². The molecule has 1 heterocycles. The molecule has 0 fully saturated rings. The zero-order valence-electron chi connectivity index (χ0n) is 10.3. The normalized spacial score (nSPS) is 10.4. The molecule has 3 nitrogen and oxygen atoms in total. The molecule has 0 unspecified atom stereocenters. The van der Waals surface area contributed by atoms with Crippen LogP contribution in [-0.4, -0.2) is 19.1 Å². The van der Waals surface area contributed by atoms with Crippen molar-refractivity contribution in [1.29, 1.82) is 0 Å². The van der Waals surface area contributed by atoms with Crippen LogP contribution in [0, 0.1) is 5.82 Å². The molecule has 0 aliphatic rings. The summed E-state index contributed by atoms with van der Waals surface area (Å²) in [6.45, 7) is 0. The van der Waals surface area contributed by atoms with E-state index >= 15 is 0 Å². The summed E-state index contributed by atoms with van der Waals surface area (Å²) in [6.07, 6.45) is 0. The minimum absolute atomic E-state index is 0.135. The lowest BCUT2D eigenvalue weighted by atomic mass is 10.1. The Morgan fingerprint density at radius 2 is 2.00 bits per heavy atom. The molecule has 0 aliphatic heterocycles. The standard InChI is InChI=1S/C13H11Cl2FN2O/c1-17-13-9(15)6-8(14)12(18-13)7-4-3-5-10(19-2)11(7)16/h3-6H,1-2H3,(H,17,18). The van der Waals surface area contributed by atoms with Crippen LogP contribution < -0.4 is 10.1 Å². The van der Waals surface area contributed by atoms with Crippen molar-refractivity contribution in [3.63, 3.8) is 0 Å². The largest absolute Gasteiger partial charge is 0.494 e. The van der Waals surface area contributed by atoms with Crippen molar-refractivity contribution in [3.8, 4) is 17.0 Å². The van der Waals surface area contributed by atoms with Crippen molar-refractivity contribution in [2.45, 2.75) is 0 Å². The number of nitrogens with one attached hydrogen (secondary N) is 1. The average Bonchev–Trinajstić information content (AvgIpc) is 2.40. The summed E-state index contributed by atoms with van der Waals surface area (Å²) >= 11 is 12.0. The summed E-state index contributed by atoms with van der Waals surface area (Å²) in [5, 5.41) is 3.47. The van der Waals surface area contributed by atoms with Gasteiger partial charge in [0.2, 0.25) is 0 Å². The number of rotatable bonds is 3. The van der Waals surface area contributed by atoms with Crippen LogP contribution in [0.1, 0.15) is 0 Å². The summed E-state index contributed by atoms with van der Waals surface area (Å²) in [5.41, 5.74) is 0.573. The fourth-order valence-electron chi connectivity index (χ4n) is 1.68. The van der Waals surface area contributed by atoms with Gasteiger partial charge in [-0.05, 0) is 18.2 Å². The Bertz CT molecular complexity index is 620. The van der Waals surface area contributed by atoms with Crippen molar-refractivity contribution in [2.24, 2.45) is 0 Å². The number of hydrogen-bond donors (Lipinski definition) is 1. The molecule has 0 amide bonds. The van der Waals surface area contributed by atoms with Gasteiger partial charge in [-0.15, -0.1) is 0 Å². The number of anilines is 1. The Morgan fingerprint density at radius 1 is 1.26 bits per heavy atom. The second kappa shape index (κ2) is 5.63. The van der Waals surface area contributed by atoms with Crippen molar-refractivity contribution in [2.75, 3.05) is 19.5 Å². The molecular formula is C13H11Cl2FN2O. The molecule has 19 heavy (non-hydrogen) atoms. The zero-order valence-corrected chi connectivity index (χ0v) is 11.8. The molecule has 100 valence electrons. The first-order valence-electron chi connectivity index (χ1n) is 5.45. The Kier molecular flexibility index (Phi) is 4.12. The number of benzene rings is 1. The van der Waals surface area contributed by atoms with Gasteiger partial charge in [0.25, 0.3) is 0 Å². The number of pyridine rings is 1. The monoisotopic (exact) mass is 300 g/mol. The summed E-state index contributed by atoms with van der Waals surface area (Å²) in [4.78, 5) is 4.23.